The van der Waals surface area contributed by atoms with Crippen LogP contribution in [0.2, 0.25) is 0 Å². The van der Waals surface area contributed by atoms with Crippen molar-refractivity contribution in [2.75, 3.05) is 13.1 Å². The highest BCUT2D eigenvalue weighted by Crippen LogP contribution is 2.13. The number of hydrogen-bond acceptors (Lipinski definition) is 4. The van der Waals surface area contributed by atoms with E-state index in [1.165, 1.54) is 15.6 Å². The predicted octanol–water partition coefficient (Wildman–Crippen LogP) is 0.819. The number of carbonyl (C=O) groups excluding carboxylic acids is 1. The second kappa shape index (κ2) is 4.52. The van der Waals surface area contributed by atoms with E-state index in [0.29, 0.717) is 18.0 Å². The average molecular weight is 260 g/mol. The Labute approximate surface area is 98.3 Å². The van der Waals surface area contributed by atoms with Crippen LogP contribution >= 0.6 is 11.3 Å². The molecule has 1 fully saturated rings. The second-order valence-corrected chi connectivity index (χ2v) is 6.14. The van der Waals surface area contributed by atoms with Crippen molar-refractivity contribution in [3.8, 4) is 0 Å². The summed E-state index contributed by atoms with van der Waals surface area (Å²) in [6.45, 7) is 0.986. The summed E-state index contributed by atoms with van der Waals surface area (Å²) in [6.07, 6.45) is 1.71. The summed E-state index contributed by atoms with van der Waals surface area (Å²) in [5.74, 6) is -0.554. The minimum absolute atomic E-state index is 0.405. The van der Waals surface area contributed by atoms with Crippen molar-refractivity contribution in [2.45, 2.75) is 12.8 Å². The maximum Gasteiger partial charge on any atom is 0.304 e. The van der Waals surface area contributed by atoms with Gasteiger partial charge in [0.1, 0.15) is 0 Å². The number of thiophene rings is 1. The van der Waals surface area contributed by atoms with Crippen molar-refractivity contribution in [3.63, 3.8) is 0 Å². The zero-order valence-electron chi connectivity index (χ0n) is 8.55. The molecule has 5 nitrogen and oxygen atoms in total. The summed E-state index contributed by atoms with van der Waals surface area (Å²) in [6, 6.07) is 3.31. The lowest BCUT2D eigenvalue weighted by Crippen LogP contribution is -2.41. The van der Waals surface area contributed by atoms with Gasteiger partial charge in [0.2, 0.25) is 0 Å². The average Bonchev–Trinajstić information content (AvgIpc) is 2.91. The molecule has 1 aromatic heterocycles. The molecule has 0 atom stereocenters. The van der Waals surface area contributed by atoms with Crippen LogP contribution in [0.15, 0.2) is 17.5 Å². The van der Waals surface area contributed by atoms with E-state index in [0.717, 1.165) is 12.8 Å². The molecule has 2 rings (SSSR count). The standard InChI is InChI=1S/C9H12N2O3S2/c12-9(8-4-3-7-15-8)10-16(13,14)11-5-1-2-6-11/h3-4,7H,1-2,5-6H2,(H,10,12). The van der Waals surface area contributed by atoms with Crippen LogP contribution in [0.25, 0.3) is 0 Å². The molecule has 0 radical (unpaired) electrons. The van der Waals surface area contributed by atoms with Crippen LogP contribution in [0.1, 0.15) is 22.5 Å². The number of nitrogens with zero attached hydrogens (tertiary/aromatic N) is 1. The van der Waals surface area contributed by atoms with Crippen LogP contribution in [0.4, 0.5) is 0 Å². The van der Waals surface area contributed by atoms with Gasteiger partial charge >= 0.3 is 10.2 Å². The lowest BCUT2D eigenvalue weighted by Gasteiger charge is -2.15. The fourth-order valence-corrected chi connectivity index (χ4v) is 3.46. The van der Waals surface area contributed by atoms with Gasteiger partial charge in [-0.2, -0.15) is 12.7 Å². The Hall–Kier alpha value is -0.920. The van der Waals surface area contributed by atoms with Gasteiger partial charge in [-0.3, -0.25) is 4.79 Å². The molecule has 1 saturated heterocycles. The minimum atomic E-state index is -3.64. The first kappa shape index (κ1) is 11.6. The number of nitrogens with one attached hydrogen (secondary N) is 1. The molecule has 0 aliphatic carbocycles. The van der Waals surface area contributed by atoms with Gasteiger partial charge < -0.3 is 0 Å². The highest BCUT2D eigenvalue weighted by molar-refractivity contribution is 7.87. The molecule has 1 aromatic rings. The molecule has 7 heteroatoms. The van der Waals surface area contributed by atoms with Crippen molar-refractivity contribution in [3.05, 3.63) is 22.4 Å². The SMILES string of the molecule is O=C(NS(=O)(=O)N1CCCC1)c1cccs1. The minimum Gasteiger partial charge on any atom is -0.267 e. The fourth-order valence-electron chi connectivity index (χ4n) is 1.57. The first-order valence-corrected chi connectivity index (χ1v) is 7.27. The van der Waals surface area contributed by atoms with E-state index in [-0.39, 0.29) is 0 Å². The summed E-state index contributed by atoms with van der Waals surface area (Å²) >= 11 is 1.22. The summed E-state index contributed by atoms with van der Waals surface area (Å²) in [7, 11) is -3.64. The van der Waals surface area contributed by atoms with Gasteiger partial charge in [-0.1, -0.05) is 6.07 Å². The molecule has 0 spiro atoms. The van der Waals surface area contributed by atoms with Gasteiger partial charge in [0.25, 0.3) is 5.91 Å². The van der Waals surface area contributed by atoms with Crippen molar-refractivity contribution in [1.82, 2.24) is 9.03 Å². The lowest BCUT2D eigenvalue weighted by atomic mass is 10.4. The molecule has 0 unspecified atom stereocenters. The largest absolute Gasteiger partial charge is 0.304 e. The Balaban J connectivity index is 2.06. The monoisotopic (exact) mass is 260 g/mol. The first-order chi connectivity index (χ1) is 7.59. The Kier molecular flexibility index (Phi) is 3.27. The Morgan fingerprint density at radius 2 is 2.06 bits per heavy atom. The molecule has 0 saturated carbocycles. The maximum absolute atomic E-state index is 11.7. The van der Waals surface area contributed by atoms with Crippen LogP contribution in [0.3, 0.4) is 0 Å². The van der Waals surface area contributed by atoms with E-state index < -0.39 is 16.1 Å². The van der Waals surface area contributed by atoms with Crippen LogP contribution in [0.5, 0.6) is 0 Å². The second-order valence-electron chi connectivity index (χ2n) is 3.52. The number of amides is 1. The third-order valence-electron chi connectivity index (χ3n) is 2.37. The van der Waals surface area contributed by atoms with Gasteiger partial charge in [-0.05, 0) is 24.3 Å². The zero-order valence-corrected chi connectivity index (χ0v) is 10.2. The van der Waals surface area contributed by atoms with Crippen molar-refractivity contribution < 1.29 is 13.2 Å². The quantitative estimate of drug-likeness (QED) is 0.875. The Morgan fingerprint density at radius 3 is 2.62 bits per heavy atom. The van der Waals surface area contributed by atoms with E-state index in [2.05, 4.69) is 4.72 Å². The summed E-state index contributed by atoms with van der Waals surface area (Å²) in [4.78, 5) is 12.0. The molecule has 1 aliphatic rings. The highest BCUT2D eigenvalue weighted by atomic mass is 32.2. The third kappa shape index (κ3) is 2.42. The van der Waals surface area contributed by atoms with E-state index in [9.17, 15) is 13.2 Å². The smallest absolute Gasteiger partial charge is 0.267 e. The normalized spacial score (nSPS) is 17.5. The topological polar surface area (TPSA) is 66.5 Å². The number of hydrogen-bond donors (Lipinski definition) is 1. The zero-order chi connectivity index (χ0) is 11.6. The fraction of sp³-hybridized carbons (Fsp3) is 0.444. The van der Waals surface area contributed by atoms with E-state index >= 15 is 0 Å². The number of carbonyl (C=O) groups is 1. The summed E-state index contributed by atoms with van der Waals surface area (Å²) < 4.78 is 26.8. The van der Waals surface area contributed by atoms with Crippen LogP contribution < -0.4 is 4.72 Å². The van der Waals surface area contributed by atoms with E-state index in [1.54, 1.807) is 17.5 Å². The number of rotatable bonds is 3. The molecule has 1 aliphatic heterocycles. The van der Waals surface area contributed by atoms with Gasteiger partial charge in [0.05, 0.1) is 4.88 Å². The predicted molar refractivity (Wildman–Crippen MR) is 61.5 cm³/mol. The van der Waals surface area contributed by atoms with Crippen molar-refractivity contribution >= 4 is 27.5 Å². The molecule has 16 heavy (non-hydrogen) atoms. The van der Waals surface area contributed by atoms with Crippen LogP contribution in [0, 0.1) is 0 Å². The Bertz CT molecular complexity index is 461. The van der Waals surface area contributed by atoms with E-state index in [1.807, 2.05) is 0 Å². The Morgan fingerprint density at radius 1 is 1.38 bits per heavy atom. The molecular formula is C9H12N2O3S2. The van der Waals surface area contributed by atoms with Crippen molar-refractivity contribution in [2.24, 2.45) is 0 Å². The summed E-state index contributed by atoms with van der Waals surface area (Å²) in [5, 5.41) is 1.73. The van der Waals surface area contributed by atoms with Crippen LogP contribution in [-0.2, 0) is 10.2 Å². The van der Waals surface area contributed by atoms with E-state index in [4.69, 9.17) is 0 Å². The third-order valence-corrected chi connectivity index (χ3v) is 4.73. The lowest BCUT2D eigenvalue weighted by molar-refractivity contribution is 0.0983. The van der Waals surface area contributed by atoms with Crippen molar-refractivity contribution in [1.29, 1.82) is 0 Å². The maximum atomic E-state index is 11.7. The van der Waals surface area contributed by atoms with Gasteiger partial charge in [0, 0.05) is 13.1 Å². The summed E-state index contributed by atoms with van der Waals surface area (Å²) in [5.41, 5.74) is 0. The van der Waals surface area contributed by atoms with Gasteiger partial charge in [0.15, 0.2) is 0 Å². The van der Waals surface area contributed by atoms with Gasteiger partial charge in [-0.25, -0.2) is 4.72 Å². The van der Waals surface area contributed by atoms with Crippen LogP contribution in [-0.4, -0.2) is 31.7 Å². The molecule has 0 aromatic carbocycles. The molecule has 1 N–H and O–H groups in total. The molecule has 0 bridgehead atoms. The molecule has 1 amide bonds. The highest BCUT2D eigenvalue weighted by Gasteiger charge is 2.27. The molecule has 2 heterocycles. The van der Waals surface area contributed by atoms with Gasteiger partial charge in [-0.15, -0.1) is 11.3 Å². The molecule has 88 valence electrons. The first-order valence-electron chi connectivity index (χ1n) is 4.95. The molecular weight excluding hydrogens is 248 g/mol.